The zero-order valence-electron chi connectivity index (χ0n) is 10.2. The van der Waals surface area contributed by atoms with Crippen molar-refractivity contribution in [1.82, 2.24) is 9.97 Å². The molecule has 2 rings (SSSR count). The lowest BCUT2D eigenvalue weighted by Gasteiger charge is -2.08. The number of nitrogen functional groups attached to an aromatic ring is 1. The van der Waals surface area contributed by atoms with Gasteiger partial charge in [0.2, 0.25) is 0 Å². The molecule has 0 bridgehead atoms. The fourth-order valence-electron chi connectivity index (χ4n) is 1.73. The lowest BCUT2D eigenvalue weighted by Crippen LogP contribution is -2.07. The average molecular weight is 244 g/mol. The second-order valence-corrected chi connectivity index (χ2v) is 4.11. The molecule has 0 aliphatic heterocycles. The second-order valence-electron chi connectivity index (χ2n) is 4.11. The van der Waals surface area contributed by atoms with Crippen molar-refractivity contribution in [3.63, 3.8) is 0 Å². The molecule has 0 saturated carbocycles. The number of nitrogens with zero attached hydrogens (tertiary/aromatic N) is 1. The van der Waals surface area contributed by atoms with Crippen molar-refractivity contribution in [1.29, 1.82) is 0 Å². The van der Waals surface area contributed by atoms with Gasteiger partial charge in [-0.25, -0.2) is 4.98 Å². The van der Waals surface area contributed by atoms with E-state index in [1.165, 1.54) is 6.92 Å². The van der Waals surface area contributed by atoms with Crippen LogP contribution in [0.2, 0.25) is 0 Å². The standard InChI is InChI=1S/C13H16N4O/c1-9(18)12-6-10(2-3-13(12)14)16-5-4-11-7-15-8-17-11/h2-3,6-8,16H,4-5,14H2,1H3,(H,15,17). The van der Waals surface area contributed by atoms with E-state index in [1.54, 1.807) is 24.7 Å². The third kappa shape index (κ3) is 2.88. The summed E-state index contributed by atoms with van der Waals surface area (Å²) < 4.78 is 0. The van der Waals surface area contributed by atoms with Crippen molar-refractivity contribution in [2.24, 2.45) is 0 Å². The monoisotopic (exact) mass is 244 g/mol. The highest BCUT2D eigenvalue weighted by Crippen LogP contribution is 2.18. The first-order valence-electron chi connectivity index (χ1n) is 5.78. The van der Waals surface area contributed by atoms with Crippen LogP contribution >= 0.6 is 0 Å². The van der Waals surface area contributed by atoms with Crippen LogP contribution < -0.4 is 11.1 Å². The Hall–Kier alpha value is -2.30. The number of benzene rings is 1. The van der Waals surface area contributed by atoms with Gasteiger partial charge in [0.05, 0.1) is 6.33 Å². The zero-order chi connectivity index (χ0) is 13.0. The molecule has 1 aromatic heterocycles. The molecule has 0 amide bonds. The minimum absolute atomic E-state index is 0.0234. The van der Waals surface area contributed by atoms with Crippen molar-refractivity contribution >= 4 is 17.2 Å². The molecule has 1 heterocycles. The first-order chi connectivity index (χ1) is 8.66. The van der Waals surface area contributed by atoms with Crippen LogP contribution in [-0.4, -0.2) is 22.3 Å². The van der Waals surface area contributed by atoms with Crippen LogP contribution in [0.25, 0.3) is 0 Å². The molecule has 18 heavy (non-hydrogen) atoms. The molecule has 0 spiro atoms. The van der Waals surface area contributed by atoms with E-state index in [1.807, 2.05) is 6.07 Å². The Labute approximate surface area is 105 Å². The van der Waals surface area contributed by atoms with Crippen LogP contribution in [0.5, 0.6) is 0 Å². The molecule has 5 nitrogen and oxygen atoms in total. The maximum Gasteiger partial charge on any atom is 0.161 e. The summed E-state index contributed by atoms with van der Waals surface area (Å²) in [5.74, 6) is -0.0234. The second kappa shape index (κ2) is 5.35. The Bertz CT molecular complexity index is 534. The number of nitrogens with one attached hydrogen (secondary N) is 2. The molecule has 5 heteroatoms. The van der Waals surface area contributed by atoms with Gasteiger partial charge in [-0.3, -0.25) is 4.79 Å². The maximum atomic E-state index is 11.4. The van der Waals surface area contributed by atoms with Crippen molar-refractivity contribution in [2.45, 2.75) is 13.3 Å². The number of ketones is 1. The molecule has 0 aliphatic carbocycles. The number of carbonyl (C=O) groups excluding carboxylic acids is 1. The van der Waals surface area contributed by atoms with E-state index in [2.05, 4.69) is 15.3 Å². The number of carbonyl (C=O) groups is 1. The van der Waals surface area contributed by atoms with E-state index in [4.69, 9.17) is 5.73 Å². The number of Topliss-reactive ketones (excluding diaryl/α,β-unsaturated/α-hetero) is 1. The third-order valence-electron chi connectivity index (χ3n) is 2.71. The van der Waals surface area contributed by atoms with E-state index < -0.39 is 0 Å². The zero-order valence-corrected chi connectivity index (χ0v) is 10.2. The van der Waals surface area contributed by atoms with E-state index in [-0.39, 0.29) is 5.78 Å². The summed E-state index contributed by atoms with van der Waals surface area (Å²) >= 11 is 0. The fourth-order valence-corrected chi connectivity index (χ4v) is 1.73. The lowest BCUT2D eigenvalue weighted by molar-refractivity contribution is 0.101. The molecule has 0 radical (unpaired) electrons. The summed E-state index contributed by atoms with van der Waals surface area (Å²) in [5, 5.41) is 3.25. The van der Waals surface area contributed by atoms with Crippen LogP contribution in [0.4, 0.5) is 11.4 Å². The molecule has 94 valence electrons. The summed E-state index contributed by atoms with van der Waals surface area (Å²) in [6.45, 7) is 2.28. The minimum atomic E-state index is -0.0234. The highest BCUT2D eigenvalue weighted by atomic mass is 16.1. The van der Waals surface area contributed by atoms with E-state index >= 15 is 0 Å². The van der Waals surface area contributed by atoms with E-state index in [9.17, 15) is 4.79 Å². The van der Waals surface area contributed by atoms with Crippen molar-refractivity contribution < 1.29 is 4.79 Å². The number of nitrogens with two attached hydrogens (primary N) is 1. The molecule has 0 aliphatic rings. The summed E-state index contributed by atoms with van der Waals surface area (Å²) in [6.07, 6.45) is 4.30. The van der Waals surface area contributed by atoms with Gasteiger partial charge in [0, 0.05) is 41.8 Å². The van der Waals surface area contributed by atoms with Crippen molar-refractivity contribution in [3.8, 4) is 0 Å². The summed E-state index contributed by atoms with van der Waals surface area (Å²) in [5.41, 5.74) is 8.78. The number of aromatic amines is 1. The normalized spacial score (nSPS) is 10.3. The molecule has 2 aromatic rings. The molecular formula is C13H16N4O. The highest BCUT2D eigenvalue weighted by Gasteiger charge is 2.05. The van der Waals surface area contributed by atoms with Gasteiger partial charge in [-0.2, -0.15) is 0 Å². The highest BCUT2D eigenvalue weighted by molar-refractivity contribution is 5.99. The van der Waals surface area contributed by atoms with Gasteiger partial charge in [0.1, 0.15) is 0 Å². The van der Waals surface area contributed by atoms with Crippen LogP contribution in [-0.2, 0) is 6.42 Å². The summed E-state index contributed by atoms with van der Waals surface area (Å²) in [6, 6.07) is 5.40. The summed E-state index contributed by atoms with van der Waals surface area (Å²) in [4.78, 5) is 18.3. The van der Waals surface area contributed by atoms with Gasteiger partial charge >= 0.3 is 0 Å². The van der Waals surface area contributed by atoms with Gasteiger partial charge < -0.3 is 16.0 Å². The Morgan fingerprint density at radius 2 is 2.33 bits per heavy atom. The van der Waals surface area contributed by atoms with Gasteiger partial charge in [0.25, 0.3) is 0 Å². The van der Waals surface area contributed by atoms with Gasteiger partial charge in [-0.1, -0.05) is 0 Å². The number of H-pyrrole nitrogens is 1. The Morgan fingerprint density at radius 1 is 1.50 bits per heavy atom. The summed E-state index contributed by atoms with van der Waals surface area (Å²) in [7, 11) is 0. The molecule has 0 atom stereocenters. The number of imidazole rings is 1. The van der Waals surface area contributed by atoms with Crippen LogP contribution in [0.15, 0.2) is 30.7 Å². The van der Waals surface area contributed by atoms with Crippen LogP contribution in [0.1, 0.15) is 23.0 Å². The Morgan fingerprint density at radius 3 is 3.00 bits per heavy atom. The third-order valence-corrected chi connectivity index (χ3v) is 2.71. The van der Waals surface area contributed by atoms with Crippen molar-refractivity contribution in [3.05, 3.63) is 42.0 Å². The predicted molar refractivity (Wildman–Crippen MR) is 71.6 cm³/mol. The molecule has 1 aromatic carbocycles. The number of rotatable bonds is 5. The van der Waals surface area contributed by atoms with Crippen molar-refractivity contribution in [2.75, 3.05) is 17.6 Å². The topological polar surface area (TPSA) is 83.8 Å². The largest absolute Gasteiger partial charge is 0.398 e. The SMILES string of the molecule is CC(=O)c1cc(NCCc2cnc[nH]2)ccc1N. The first kappa shape index (κ1) is 12.2. The minimum Gasteiger partial charge on any atom is -0.398 e. The van der Waals surface area contributed by atoms with Gasteiger partial charge in [0.15, 0.2) is 5.78 Å². The number of hydrogen-bond acceptors (Lipinski definition) is 4. The maximum absolute atomic E-state index is 11.4. The van der Waals surface area contributed by atoms with E-state index in [0.29, 0.717) is 11.3 Å². The van der Waals surface area contributed by atoms with Crippen LogP contribution in [0, 0.1) is 0 Å². The van der Waals surface area contributed by atoms with Gasteiger partial charge in [-0.15, -0.1) is 0 Å². The van der Waals surface area contributed by atoms with Gasteiger partial charge in [-0.05, 0) is 25.1 Å². The first-order valence-corrected chi connectivity index (χ1v) is 5.78. The molecule has 0 saturated heterocycles. The Balaban J connectivity index is 1.97. The quantitative estimate of drug-likeness (QED) is 0.553. The Kier molecular flexibility index (Phi) is 3.62. The average Bonchev–Trinajstić information content (AvgIpc) is 2.84. The molecule has 0 unspecified atom stereocenters. The fraction of sp³-hybridized carbons (Fsp3) is 0.231. The lowest BCUT2D eigenvalue weighted by atomic mass is 10.1. The number of hydrogen-bond donors (Lipinski definition) is 3. The molecule has 0 fully saturated rings. The van der Waals surface area contributed by atoms with Crippen LogP contribution in [0.3, 0.4) is 0 Å². The molecular weight excluding hydrogens is 228 g/mol. The smallest absolute Gasteiger partial charge is 0.161 e. The number of anilines is 2. The van der Waals surface area contributed by atoms with E-state index in [0.717, 1.165) is 24.3 Å². The number of aromatic nitrogens is 2. The molecule has 4 N–H and O–H groups in total. The predicted octanol–water partition coefficient (Wildman–Crippen LogP) is 1.85.